The summed E-state index contributed by atoms with van der Waals surface area (Å²) < 4.78 is 10.1. The van der Waals surface area contributed by atoms with E-state index < -0.39 is 0 Å². The quantitative estimate of drug-likeness (QED) is 0.614. The van der Waals surface area contributed by atoms with Gasteiger partial charge in [-0.3, -0.25) is 4.79 Å². The van der Waals surface area contributed by atoms with Gasteiger partial charge in [-0.25, -0.2) is 0 Å². The molecule has 0 rings (SSSR count). The highest BCUT2D eigenvalue weighted by Gasteiger charge is 2.16. The molecule has 0 aromatic heterocycles. The third kappa shape index (κ3) is 5.11. The van der Waals surface area contributed by atoms with Gasteiger partial charge < -0.3 is 19.7 Å². The van der Waals surface area contributed by atoms with Crippen LogP contribution in [0.1, 0.15) is 13.8 Å². The van der Waals surface area contributed by atoms with Crippen molar-refractivity contribution in [2.75, 3.05) is 34.4 Å². The molecule has 90 valence electrons. The van der Waals surface area contributed by atoms with Crippen LogP contribution in [-0.4, -0.2) is 57.5 Å². The van der Waals surface area contributed by atoms with Crippen molar-refractivity contribution in [3.8, 4) is 0 Å². The Bertz CT molecular complexity index is 184. The number of nitrogens with zero attached hydrogens (tertiary/aromatic N) is 1. The zero-order chi connectivity index (χ0) is 11.8. The fourth-order valence-corrected chi connectivity index (χ4v) is 1.16. The molecule has 0 aromatic rings. The van der Waals surface area contributed by atoms with Crippen molar-refractivity contribution in [2.24, 2.45) is 0 Å². The van der Waals surface area contributed by atoms with Crippen LogP contribution < -0.4 is 5.32 Å². The molecule has 0 saturated heterocycles. The van der Waals surface area contributed by atoms with Gasteiger partial charge in [-0.05, 0) is 13.8 Å². The number of methoxy groups -OCH3 is 2. The first kappa shape index (κ1) is 14.3. The number of nitrogens with one attached hydrogen (secondary N) is 1. The minimum atomic E-state index is -0.329. The standard InChI is InChI=1S/C10H22N2O3/c1-6-12(3)9(13)7-11-8(2)10(14-4)15-5/h8,10-11H,6-7H2,1-5H3. The Kier molecular flexibility index (Phi) is 7.29. The highest BCUT2D eigenvalue weighted by atomic mass is 16.7. The lowest BCUT2D eigenvalue weighted by atomic mass is 10.3. The third-order valence-corrected chi connectivity index (χ3v) is 2.35. The van der Waals surface area contributed by atoms with Crippen molar-refractivity contribution in [3.05, 3.63) is 0 Å². The fraction of sp³-hybridized carbons (Fsp3) is 0.900. The summed E-state index contributed by atoms with van der Waals surface area (Å²) in [5.74, 6) is 0.0651. The number of amides is 1. The molecule has 0 saturated carbocycles. The molecule has 0 radical (unpaired) electrons. The smallest absolute Gasteiger partial charge is 0.236 e. The molecule has 1 unspecified atom stereocenters. The molecule has 0 fully saturated rings. The lowest BCUT2D eigenvalue weighted by Crippen LogP contribution is -2.45. The van der Waals surface area contributed by atoms with Gasteiger partial charge in [0.15, 0.2) is 6.29 Å². The molecule has 1 amide bonds. The summed E-state index contributed by atoms with van der Waals surface area (Å²) in [6, 6.07) is -0.0193. The molecular formula is C10H22N2O3. The second-order valence-electron chi connectivity index (χ2n) is 3.42. The Hall–Kier alpha value is -0.650. The summed E-state index contributed by atoms with van der Waals surface area (Å²) in [4.78, 5) is 13.1. The molecule has 5 nitrogen and oxygen atoms in total. The van der Waals surface area contributed by atoms with Crippen molar-refractivity contribution in [3.63, 3.8) is 0 Å². The second-order valence-corrected chi connectivity index (χ2v) is 3.42. The Labute approximate surface area is 91.7 Å². The number of likely N-dealkylation sites (N-methyl/N-ethyl adjacent to an activating group) is 1. The molecule has 5 heteroatoms. The van der Waals surface area contributed by atoms with E-state index in [1.807, 2.05) is 13.8 Å². The van der Waals surface area contributed by atoms with Gasteiger partial charge in [0.25, 0.3) is 0 Å². The molecule has 0 aromatic carbocycles. The molecule has 1 N–H and O–H groups in total. The average molecular weight is 218 g/mol. The minimum Gasteiger partial charge on any atom is -0.354 e. The van der Waals surface area contributed by atoms with Gasteiger partial charge in [0, 0.05) is 27.8 Å². The predicted octanol–water partition coefficient (Wildman–Crippen LogP) is 0.0617. The second kappa shape index (κ2) is 7.62. The molecule has 0 bridgehead atoms. The first-order valence-corrected chi connectivity index (χ1v) is 5.09. The SMILES string of the molecule is CCN(C)C(=O)CNC(C)C(OC)OC. The number of hydrogen-bond acceptors (Lipinski definition) is 4. The van der Waals surface area contributed by atoms with Crippen LogP contribution in [0.4, 0.5) is 0 Å². The van der Waals surface area contributed by atoms with Crippen molar-refractivity contribution in [1.29, 1.82) is 0 Å². The van der Waals surface area contributed by atoms with E-state index in [0.29, 0.717) is 13.1 Å². The Morgan fingerprint density at radius 1 is 1.40 bits per heavy atom. The van der Waals surface area contributed by atoms with Gasteiger partial charge in [0.05, 0.1) is 12.6 Å². The summed E-state index contributed by atoms with van der Waals surface area (Å²) in [6.45, 7) is 4.87. The third-order valence-electron chi connectivity index (χ3n) is 2.35. The number of hydrogen-bond donors (Lipinski definition) is 1. The van der Waals surface area contributed by atoms with Crippen LogP contribution in [0.5, 0.6) is 0 Å². The first-order valence-electron chi connectivity index (χ1n) is 5.09. The molecular weight excluding hydrogens is 196 g/mol. The van der Waals surface area contributed by atoms with E-state index in [4.69, 9.17) is 9.47 Å². The van der Waals surface area contributed by atoms with E-state index >= 15 is 0 Å². The summed E-state index contributed by atoms with van der Waals surface area (Å²) in [5, 5.41) is 3.06. The fourth-order valence-electron chi connectivity index (χ4n) is 1.16. The average Bonchev–Trinajstić information content (AvgIpc) is 2.26. The van der Waals surface area contributed by atoms with Crippen LogP contribution in [-0.2, 0) is 14.3 Å². The lowest BCUT2D eigenvalue weighted by molar-refractivity contribution is -0.132. The number of rotatable bonds is 7. The predicted molar refractivity (Wildman–Crippen MR) is 58.6 cm³/mol. The van der Waals surface area contributed by atoms with Crippen LogP contribution in [0.3, 0.4) is 0 Å². The van der Waals surface area contributed by atoms with Gasteiger partial charge in [0.1, 0.15) is 0 Å². The van der Waals surface area contributed by atoms with E-state index in [-0.39, 0.29) is 18.2 Å². The number of ether oxygens (including phenoxy) is 2. The van der Waals surface area contributed by atoms with Crippen molar-refractivity contribution in [1.82, 2.24) is 10.2 Å². The highest BCUT2D eigenvalue weighted by Crippen LogP contribution is 1.98. The van der Waals surface area contributed by atoms with E-state index in [1.54, 1.807) is 26.2 Å². The van der Waals surface area contributed by atoms with Gasteiger partial charge in [-0.1, -0.05) is 0 Å². The molecule has 0 aliphatic rings. The summed E-state index contributed by atoms with van der Waals surface area (Å²) in [7, 11) is 4.93. The molecule has 0 aliphatic carbocycles. The first-order chi connectivity index (χ1) is 7.06. The highest BCUT2D eigenvalue weighted by molar-refractivity contribution is 5.77. The maximum absolute atomic E-state index is 11.5. The van der Waals surface area contributed by atoms with E-state index in [2.05, 4.69) is 5.32 Å². The molecule has 0 spiro atoms. The van der Waals surface area contributed by atoms with Crippen LogP contribution in [0.15, 0.2) is 0 Å². The van der Waals surface area contributed by atoms with Crippen molar-refractivity contribution >= 4 is 5.91 Å². The lowest BCUT2D eigenvalue weighted by Gasteiger charge is -2.23. The van der Waals surface area contributed by atoms with Crippen LogP contribution in [0, 0.1) is 0 Å². The van der Waals surface area contributed by atoms with Gasteiger partial charge in [0.2, 0.25) is 5.91 Å². The maximum Gasteiger partial charge on any atom is 0.236 e. The summed E-state index contributed by atoms with van der Waals surface area (Å²) >= 11 is 0. The van der Waals surface area contributed by atoms with Gasteiger partial charge >= 0.3 is 0 Å². The monoisotopic (exact) mass is 218 g/mol. The van der Waals surface area contributed by atoms with Crippen LogP contribution >= 0.6 is 0 Å². The zero-order valence-corrected chi connectivity index (χ0v) is 10.2. The van der Waals surface area contributed by atoms with Crippen LogP contribution in [0.2, 0.25) is 0 Å². The van der Waals surface area contributed by atoms with Crippen LogP contribution in [0.25, 0.3) is 0 Å². The van der Waals surface area contributed by atoms with E-state index in [0.717, 1.165) is 0 Å². The van der Waals surface area contributed by atoms with Gasteiger partial charge in [-0.15, -0.1) is 0 Å². The zero-order valence-electron chi connectivity index (χ0n) is 10.2. The summed E-state index contributed by atoms with van der Waals surface area (Å²) in [6.07, 6.45) is -0.329. The Morgan fingerprint density at radius 3 is 2.33 bits per heavy atom. The summed E-state index contributed by atoms with van der Waals surface area (Å²) in [5.41, 5.74) is 0. The molecule has 0 heterocycles. The molecule has 0 aliphatic heterocycles. The Morgan fingerprint density at radius 2 is 1.93 bits per heavy atom. The largest absolute Gasteiger partial charge is 0.354 e. The molecule has 15 heavy (non-hydrogen) atoms. The number of carbonyl (C=O) groups is 1. The maximum atomic E-state index is 11.5. The minimum absolute atomic E-state index is 0.0193. The van der Waals surface area contributed by atoms with E-state index in [1.165, 1.54) is 0 Å². The normalized spacial score (nSPS) is 12.9. The van der Waals surface area contributed by atoms with Gasteiger partial charge in [-0.2, -0.15) is 0 Å². The number of carbonyl (C=O) groups excluding carboxylic acids is 1. The van der Waals surface area contributed by atoms with E-state index in [9.17, 15) is 4.79 Å². The topological polar surface area (TPSA) is 50.8 Å². The van der Waals surface area contributed by atoms with Crippen molar-refractivity contribution < 1.29 is 14.3 Å². The van der Waals surface area contributed by atoms with Crippen molar-refractivity contribution in [2.45, 2.75) is 26.2 Å². The molecule has 1 atom stereocenters. The Balaban J connectivity index is 3.88.